The summed E-state index contributed by atoms with van der Waals surface area (Å²) in [5.74, 6) is 0.228. The summed E-state index contributed by atoms with van der Waals surface area (Å²) in [6, 6.07) is 0. The molecule has 1 unspecified atom stereocenters. The topological polar surface area (TPSA) is 26.3 Å². The highest BCUT2D eigenvalue weighted by Gasteiger charge is 2.18. The molecule has 2 nitrogen and oxygen atoms in total. The number of rotatable bonds is 21. The van der Waals surface area contributed by atoms with Crippen LogP contribution in [0.3, 0.4) is 0 Å². The molecular formula is C25H50O2. The third-order valence-corrected chi connectivity index (χ3v) is 5.64. The highest BCUT2D eigenvalue weighted by atomic mass is 16.5. The van der Waals surface area contributed by atoms with Crippen LogP contribution >= 0.6 is 0 Å². The Bertz CT molecular complexity index is 301. The van der Waals surface area contributed by atoms with Crippen LogP contribution in [-0.4, -0.2) is 12.6 Å². The normalized spacial score (nSPS) is 12.3. The van der Waals surface area contributed by atoms with Gasteiger partial charge in [0.15, 0.2) is 0 Å². The van der Waals surface area contributed by atoms with Crippen LogP contribution < -0.4 is 0 Å². The van der Waals surface area contributed by atoms with Gasteiger partial charge in [0.1, 0.15) is 0 Å². The maximum atomic E-state index is 12.4. The Balaban J connectivity index is 3.77. The van der Waals surface area contributed by atoms with Crippen LogP contribution in [0.15, 0.2) is 0 Å². The lowest BCUT2D eigenvalue weighted by atomic mass is 9.95. The number of unbranched alkanes of at least 4 members (excludes halogenated alkanes) is 14. The zero-order valence-corrected chi connectivity index (χ0v) is 19.0. The van der Waals surface area contributed by atoms with Gasteiger partial charge in [-0.15, -0.1) is 0 Å². The van der Waals surface area contributed by atoms with Crippen LogP contribution in [0.4, 0.5) is 0 Å². The summed E-state index contributed by atoms with van der Waals surface area (Å²) < 4.78 is 5.60. The van der Waals surface area contributed by atoms with Gasteiger partial charge < -0.3 is 4.74 Å². The molecule has 0 aliphatic heterocycles. The van der Waals surface area contributed by atoms with Gasteiger partial charge in [0.05, 0.1) is 12.5 Å². The van der Waals surface area contributed by atoms with Crippen molar-refractivity contribution in [3.8, 4) is 0 Å². The van der Waals surface area contributed by atoms with Crippen molar-refractivity contribution in [1.82, 2.24) is 0 Å². The van der Waals surface area contributed by atoms with E-state index in [-0.39, 0.29) is 11.9 Å². The zero-order chi connectivity index (χ0) is 20.0. The average molecular weight is 383 g/mol. The van der Waals surface area contributed by atoms with Crippen molar-refractivity contribution in [1.29, 1.82) is 0 Å². The van der Waals surface area contributed by atoms with Gasteiger partial charge in [0.25, 0.3) is 0 Å². The van der Waals surface area contributed by atoms with Crippen molar-refractivity contribution in [2.75, 3.05) is 6.61 Å². The van der Waals surface area contributed by atoms with E-state index in [1.807, 2.05) is 0 Å². The van der Waals surface area contributed by atoms with Crippen molar-refractivity contribution in [3.63, 3.8) is 0 Å². The van der Waals surface area contributed by atoms with Crippen LogP contribution in [0.5, 0.6) is 0 Å². The number of carbonyl (C=O) groups is 1. The molecule has 0 aromatic rings. The molecule has 1 atom stereocenters. The molecule has 0 heterocycles. The summed E-state index contributed by atoms with van der Waals surface area (Å²) >= 11 is 0. The molecule has 0 amide bonds. The Kier molecular flexibility index (Phi) is 21.3. The third-order valence-electron chi connectivity index (χ3n) is 5.64. The maximum absolute atomic E-state index is 12.4. The first-order chi connectivity index (χ1) is 13.3. The lowest BCUT2D eigenvalue weighted by molar-refractivity contribution is -0.149. The number of ether oxygens (including phenoxy) is 1. The summed E-state index contributed by atoms with van der Waals surface area (Å²) in [5, 5.41) is 0. The van der Waals surface area contributed by atoms with E-state index in [2.05, 4.69) is 20.8 Å². The molecule has 0 N–H and O–H groups in total. The van der Waals surface area contributed by atoms with E-state index in [0.29, 0.717) is 6.61 Å². The van der Waals surface area contributed by atoms with Crippen molar-refractivity contribution in [3.05, 3.63) is 0 Å². The fraction of sp³-hybridized carbons (Fsp3) is 0.960. The van der Waals surface area contributed by atoms with Gasteiger partial charge in [0.2, 0.25) is 0 Å². The van der Waals surface area contributed by atoms with E-state index in [9.17, 15) is 4.79 Å². The minimum absolute atomic E-state index is 0.0802. The molecule has 0 aromatic carbocycles. The molecule has 0 radical (unpaired) electrons. The van der Waals surface area contributed by atoms with Crippen LogP contribution in [0.1, 0.15) is 143 Å². The lowest BCUT2D eigenvalue weighted by Crippen LogP contribution is -2.18. The third kappa shape index (κ3) is 18.6. The minimum atomic E-state index is 0.0802. The second kappa shape index (κ2) is 21.8. The number of carbonyl (C=O) groups excluding carboxylic acids is 1. The highest BCUT2D eigenvalue weighted by Crippen LogP contribution is 2.20. The average Bonchev–Trinajstić information content (AvgIpc) is 2.68. The van der Waals surface area contributed by atoms with E-state index in [1.165, 1.54) is 96.3 Å². The summed E-state index contributed by atoms with van der Waals surface area (Å²) in [6.45, 7) is 7.35. The Morgan fingerprint density at radius 2 is 0.963 bits per heavy atom. The standard InChI is InChI=1S/C25H50O2/c1-4-7-10-12-14-15-16-17-19-22-24(21-9-6-3)25(26)27-23-20-18-13-11-8-5-2/h24H,4-23H2,1-3H3. The first-order valence-corrected chi connectivity index (χ1v) is 12.4. The molecule has 0 fully saturated rings. The van der Waals surface area contributed by atoms with Crippen molar-refractivity contribution in [2.24, 2.45) is 5.92 Å². The molecule has 0 saturated carbocycles. The van der Waals surface area contributed by atoms with E-state index in [4.69, 9.17) is 4.74 Å². The van der Waals surface area contributed by atoms with Gasteiger partial charge in [-0.3, -0.25) is 4.79 Å². The molecule has 0 rings (SSSR count). The second-order valence-electron chi connectivity index (χ2n) is 8.39. The molecule has 27 heavy (non-hydrogen) atoms. The Labute approximate surface area is 171 Å². The quantitative estimate of drug-likeness (QED) is 0.147. The second-order valence-corrected chi connectivity index (χ2v) is 8.39. The minimum Gasteiger partial charge on any atom is -0.465 e. The molecule has 0 aliphatic rings. The molecule has 162 valence electrons. The van der Waals surface area contributed by atoms with E-state index >= 15 is 0 Å². The van der Waals surface area contributed by atoms with Crippen LogP contribution in [-0.2, 0) is 9.53 Å². The van der Waals surface area contributed by atoms with E-state index in [0.717, 1.165) is 25.7 Å². The van der Waals surface area contributed by atoms with Crippen molar-refractivity contribution < 1.29 is 9.53 Å². The van der Waals surface area contributed by atoms with Gasteiger partial charge in [-0.1, -0.05) is 124 Å². The SMILES string of the molecule is CCCCCCCCCCCC(CCCC)C(=O)OCCCCCCCC. The van der Waals surface area contributed by atoms with Crippen molar-refractivity contribution in [2.45, 2.75) is 143 Å². The number of esters is 1. The summed E-state index contributed by atoms with van der Waals surface area (Å²) in [6.07, 6.45) is 23.9. The lowest BCUT2D eigenvalue weighted by Gasteiger charge is -2.16. The van der Waals surface area contributed by atoms with E-state index in [1.54, 1.807) is 0 Å². The number of hydrogen-bond donors (Lipinski definition) is 0. The van der Waals surface area contributed by atoms with Gasteiger partial charge >= 0.3 is 5.97 Å². The van der Waals surface area contributed by atoms with Gasteiger partial charge in [-0.2, -0.15) is 0 Å². The molecule has 0 bridgehead atoms. The summed E-state index contributed by atoms with van der Waals surface area (Å²) in [4.78, 5) is 12.4. The molecule has 0 aromatic heterocycles. The monoisotopic (exact) mass is 382 g/mol. The molecule has 0 aliphatic carbocycles. The Morgan fingerprint density at radius 1 is 0.556 bits per heavy atom. The first kappa shape index (κ1) is 26.5. The summed E-state index contributed by atoms with van der Waals surface area (Å²) in [5.41, 5.74) is 0. The van der Waals surface area contributed by atoms with Crippen LogP contribution in [0.2, 0.25) is 0 Å². The molecule has 0 saturated heterocycles. The van der Waals surface area contributed by atoms with Crippen LogP contribution in [0, 0.1) is 5.92 Å². The summed E-state index contributed by atoms with van der Waals surface area (Å²) in [7, 11) is 0. The Hall–Kier alpha value is -0.530. The highest BCUT2D eigenvalue weighted by molar-refractivity contribution is 5.72. The fourth-order valence-electron chi connectivity index (χ4n) is 3.70. The maximum Gasteiger partial charge on any atom is 0.308 e. The fourth-order valence-corrected chi connectivity index (χ4v) is 3.70. The van der Waals surface area contributed by atoms with Gasteiger partial charge in [0, 0.05) is 0 Å². The largest absolute Gasteiger partial charge is 0.465 e. The predicted octanol–water partition coefficient (Wildman–Crippen LogP) is 8.62. The molecular weight excluding hydrogens is 332 g/mol. The van der Waals surface area contributed by atoms with Crippen molar-refractivity contribution >= 4 is 5.97 Å². The van der Waals surface area contributed by atoms with Gasteiger partial charge in [-0.05, 0) is 19.3 Å². The number of hydrogen-bond acceptors (Lipinski definition) is 2. The van der Waals surface area contributed by atoms with Crippen LogP contribution in [0.25, 0.3) is 0 Å². The Morgan fingerprint density at radius 3 is 1.48 bits per heavy atom. The first-order valence-electron chi connectivity index (χ1n) is 12.4. The van der Waals surface area contributed by atoms with E-state index < -0.39 is 0 Å². The molecule has 0 spiro atoms. The predicted molar refractivity (Wildman–Crippen MR) is 119 cm³/mol. The molecule has 2 heteroatoms. The zero-order valence-electron chi connectivity index (χ0n) is 19.0. The van der Waals surface area contributed by atoms with Gasteiger partial charge in [-0.25, -0.2) is 0 Å². The smallest absolute Gasteiger partial charge is 0.308 e.